The van der Waals surface area contributed by atoms with Crippen LogP contribution in [0.1, 0.15) is 11.4 Å². The van der Waals surface area contributed by atoms with Gasteiger partial charge in [-0.3, -0.25) is 0 Å². The van der Waals surface area contributed by atoms with Gasteiger partial charge in [0.1, 0.15) is 5.82 Å². The van der Waals surface area contributed by atoms with E-state index in [1.165, 1.54) is 0 Å². The quantitative estimate of drug-likeness (QED) is 0.717. The van der Waals surface area contributed by atoms with Crippen LogP contribution >= 0.6 is 0 Å². The Kier molecular flexibility index (Phi) is 2.81. The van der Waals surface area contributed by atoms with E-state index >= 15 is 0 Å². The topological polar surface area (TPSA) is 46.5 Å². The molecule has 0 N–H and O–H groups in total. The number of hydrogen-bond donors (Lipinski definition) is 0. The highest BCUT2D eigenvalue weighted by Crippen LogP contribution is 2.19. The third-order valence-corrected chi connectivity index (χ3v) is 3.43. The number of fused-ring (bicyclic) bond motifs is 1. The molecule has 0 atom stereocenters. The number of benzene rings is 1. The first-order valence-corrected chi connectivity index (χ1v) is 6.24. The molecule has 3 aromatic rings. The van der Waals surface area contributed by atoms with E-state index in [1.807, 2.05) is 48.4 Å². The van der Waals surface area contributed by atoms with Gasteiger partial charge in [0.25, 0.3) is 0 Å². The second kappa shape index (κ2) is 4.62. The van der Waals surface area contributed by atoms with E-state index in [9.17, 15) is 0 Å². The first-order valence-electron chi connectivity index (χ1n) is 6.24. The van der Waals surface area contributed by atoms with Crippen LogP contribution in [-0.4, -0.2) is 14.1 Å². The Morgan fingerprint density at radius 1 is 1.26 bits per heavy atom. The summed E-state index contributed by atoms with van der Waals surface area (Å²) in [6.07, 6.45) is 6.69. The second-order valence-corrected chi connectivity index (χ2v) is 4.56. The number of nitrogens with zero attached hydrogens (tertiary/aromatic N) is 4. The Balaban J connectivity index is 1.90. The van der Waals surface area contributed by atoms with Gasteiger partial charge in [-0.15, -0.1) is 0 Å². The van der Waals surface area contributed by atoms with Crippen LogP contribution in [-0.2, 0) is 20.0 Å². The third kappa shape index (κ3) is 2.00. The maximum atomic E-state index is 9.09. The van der Waals surface area contributed by atoms with Gasteiger partial charge in [0.15, 0.2) is 0 Å². The summed E-state index contributed by atoms with van der Waals surface area (Å²) in [7, 11) is 2.00. The molecule has 0 aliphatic carbocycles. The van der Waals surface area contributed by atoms with Crippen molar-refractivity contribution < 1.29 is 0 Å². The minimum Gasteiger partial charge on any atom is -0.347 e. The number of rotatable bonds is 3. The van der Waals surface area contributed by atoms with Gasteiger partial charge in [-0.2, -0.15) is 5.26 Å². The molecule has 0 aliphatic rings. The molecule has 19 heavy (non-hydrogen) atoms. The van der Waals surface area contributed by atoms with Gasteiger partial charge in [0.2, 0.25) is 0 Å². The van der Waals surface area contributed by atoms with Crippen molar-refractivity contribution in [3.63, 3.8) is 0 Å². The van der Waals surface area contributed by atoms with Crippen molar-refractivity contribution in [2.45, 2.75) is 13.0 Å². The summed E-state index contributed by atoms with van der Waals surface area (Å²) in [5, 5.41) is 10.1. The Morgan fingerprint density at radius 2 is 2.16 bits per heavy atom. The molecule has 2 heterocycles. The molecule has 0 saturated heterocycles. The van der Waals surface area contributed by atoms with Crippen molar-refractivity contribution >= 4 is 10.9 Å². The van der Waals surface area contributed by atoms with Crippen molar-refractivity contribution in [1.29, 1.82) is 5.26 Å². The van der Waals surface area contributed by atoms with E-state index in [-0.39, 0.29) is 0 Å². The average Bonchev–Trinajstić information content (AvgIpc) is 3.02. The number of imidazole rings is 1. The molecule has 4 nitrogen and oxygen atoms in total. The molecule has 0 saturated carbocycles. The third-order valence-electron chi connectivity index (χ3n) is 3.43. The Labute approximate surface area is 111 Å². The van der Waals surface area contributed by atoms with E-state index in [2.05, 4.69) is 21.7 Å². The van der Waals surface area contributed by atoms with E-state index in [1.54, 1.807) is 0 Å². The fourth-order valence-electron chi connectivity index (χ4n) is 2.37. The van der Waals surface area contributed by atoms with Gasteiger partial charge in [-0.1, -0.05) is 6.07 Å². The Hall–Kier alpha value is -2.54. The van der Waals surface area contributed by atoms with Crippen LogP contribution in [0.25, 0.3) is 10.9 Å². The number of hydrogen-bond acceptors (Lipinski definition) is 2. The van der Waals surface area contributed by atoms with Crippen LogP contribution in [0.3, 0.4) is 0 Å². The Bertz CT molecular complexity index is 758. The second-order valence-electron chi connectivity index (χ2n) is 4.56. The lowest BCUT2D eigenvalue weighted by Gasteiger charge is -2.06. The number of aryl methyl sites for hydroxylation is 3. The zero-order valence-electron chi connectivity index (χ0n) is 10.7. The Morgan fingerprint density at radius 3 is 2.89 bits per heavy atom. The maximum Gasteiger partial charge on any atom is 0.110 e. The molecule has 94 valence electrons. The summed E-state index contributed by atoms with van der Waals surface area (Å²) in [6.45, 7) is 0.864. The SMILES string of the molecule is Cn1ccnc1CCn1ccc2c(C#N)cccc21. The molecule has 2 aromatic heterocycles. The lowest BCUT2D eigenvalue weighted by molar-refractivity contribution is 0.668. The minimum absolute atomic E-state index is 0.730. The highest BCUT2D eigenvalue weighted by molar-refractivity contribution is 5.85. The van der Waals surface area contributed by atoms with Crippen LogP contribution in [0.4, 0.5) is 0 Å². The van der Waals surface area contributed by atoms with Gasteiger partial charge in [0, 0.05) is 49.5 Å². The highest BCUT2D eigenvalue weighted by atomic mass is 15.0. The van der Waals surface area contributed by atoms with Crippen molar-refractivity contribution in [2.75, 3.05) is 0 Å². The predicted octanol–water partition coefficient (Wildman–Crippen LogP) is 2.49. The number of nitriles is 1. The molecule has 0 radical (unpaired) electrons. The molecule has 0 fully saturated rings. The van der Waals surface area contributed by atoms with Crippen LogP contribution in [0.5, 0.6) is 0 Å². The first kappa shape index (κ1) is 11.5. The van der Waals surface area contributed by atoms with Gasteiger partial charge in [0.05, 0.1) is 11.6 Å². The zero-order valence-corrected chi connectivity index (χ0v) is 10.7. The van der Waals surface area contributed by atoms with E-state index in [0.717, 1.165) is 35.3 Å². The molecule has 4 heteroatoms. The molecule has 0 unspecified atom stereocenters. The fraction of sp³-hybridized carbons (Fsp3) is 0.200. The van der Waals surface area contributed by atoms with Gasteiger partial charge >= 0.3 is 0 Å². The van der Waals surface area contributed by atoms with Crippen LogP contribution in [0.15, 0.2) is 42.9 Å². The molecule has 0 bridgehead atoms. The van der Waals surface area contributed by atoms with E-state index < -0.39 is 0 Å². The van der Waals surface area contributed by atoms with E-state index in [0.29, 0.717) is 0 Å². The maximum absolute atomic E-state index is 9.09. The van der Waals surface area contributed by atoms with Gasteiger partial charge in [-0.25, -0.2) is 4.98 Å². The van der Waals surface area contributed by atoms with Crippen molar-refractivity contribution in [3.05, 3.63) is 54.2 Å². The largest absolute Gasteiger partial charge is 0.347 e. The summed E-state index contributed by atoms with van der Waals surface area (Å²) < 4.78 is 4.21. The summed E-state index contributed by atoms with van der Waals surface area (Å²) in [5.74, 6) is 1.07. The molecule has 0 spiro atoms. The molecular weight excluding hydrogens is 236 g/mol. The monoisotopic (exact) mass is 250 g/mol. The first-order chi connectivity index (χ1) is 9.29. The highest BCUT2D eigenvalue weighted by Gasteiger charge is 2.06. The van der Waals surface area contributed by atoms with Crippen LogP contribution in [0.2, 0.25) is 0 Å². The lowest BCUT2D eigenvalue weighted by Crippen LogP contribution is -2.04. The molecule has 3 rings (SSSR count). The van der Waals surface area contributed by atoms with Gasteiger partial charge in [-0.05, 0) is 18.2 Å². The molecule has 1 aromatic carbocycles. The van der Waals surface area contributed by atoms with Crippen LogP contribution < -0.4 is 0 Å². The summed E-state index contributed by atoms with van der Waals surface area (Å²) >= 11 is 0. The lowest BCUT2D eigenvalue weighted by atomic mass is 10.1. The average molecular weight is 250 g/mol. The molecular formula is C15H14N4. The summed E-state index contributed by atoms with van der Waals surface area (Å²) in [6, 6.07) is 10.1. The van der Waals surface area contributed by atoms with Crippen molar-refractivity contribution in [1.82, 2.24) is 14.1 Å². The smallest absolute Gasteiger partial charge is 0.110 e. The predicted molar refractivity (Wildman–Crippen MR) is 73.6 cm³/mol. The van der Waals surface area contributed by atoms with Crippen molar-refractivity contribution in [2.24, 2.45) is 7.05 Å². The van der Waals surface area contributed by atoms with Gasteiger partial charge < -0.3 is 9.13 Å². The standard InChI is InChI=1S/C15H14N4/c1-18-10-7-17-15(18)6-9-19-8-5-13-12(11-16)3-2-4-14(13)19/h2-5,7-8,10H,6,9H2,1H3. The minimum atomic E-state index is 0.730. The summed E-state index contributed by atoms with van der Waals surface area (Å²) in [5.41, 5.74) is 1.83. The molecule has 0 amide bonds. The number of aromatic nitrogens is 3. The molecule has 0 aliphatic heterocycles. The van der Waals surface area contributed by atoms with Crippen LogP contribution in [0, 0.1) is 11.3 Å². The normalized spacial score (nSPS) is 10.7. The fourth-order valence-corrected chi connectivity index (χ4v) is 2.37. The van der Waals surface area contributed by atoms with E-state index in [4.69, 9.17) is 5.26 Å². The van der Waals surface area contributed by atoms with Crippen molar-refractivity contribution in [3.8, 4) is 6.07 Å². The summed E-state index contributed by atoms with van der Waals surface area (Å²) in [4.78, 5) is 4.33. The zero-order chi connectivity index (χ0) is 13.2.